The summed E-state index contributed by atoms with van der Waals surface area (Å²) < 4.78 is 7.20. The van der Waals surface area contributed by atoms with Crippen molar-refractivity contribution in [3.8, 4) is 0 Å². The van der Waals surface area contributed by atoms with E-state index in [0.29, 0.717) is 22.4 Å². The van der Waals surface area contributed by atoms with Crippen molar-refractivity contribution in [2.24, 2.45) is 5.10 Å². The van der Waals surface area contributed by atoms with Crippen LogP contribution in [0.3, 0.4) is 0 Å². The maximum Gasteiger partial charge on any atom is 0.344 e. The highest BCUT2D eigenvalue weighted by Gasteiger charge is 2.35. The van der Waals surface area contributed by atoms with Crippen LogP contribution in [-0.2, 0) is 4.79 Å². The average Bonchev–Trinajstić information content (AvgIpc) is 3.14. The largest absolute Gasteiger partial charge is 0.467 e. The summed E-state index contributed by atoms with van der Waals surface area (Å²) in [6.07, 6.45) is 4.05. The molecule has 1 N–H and O–H groups in total. The van der Waals surface area contributed by atoms with Gasteiger partial charge in [-0.15, -0.1) is 5.10 Å². The number of rotatable bonds is 6. The van der Waals surface area contributed by atoms with Crippen LogP contribution in [0.25, 0.3) is 0 Å². The van der Waals surface area contributed by atoms with E-state index in [1.165, 1.54) is 16.8 Å². The van der Waals surface area contributed by atoms with Gasteiger partial charge >= 0.3 is 5.69 Å². The molecule has 1 fully saturated rings. The number of aromatic nitrogens is 3. The third-order valence-electron chi connectivity index (χ3n) is 5.12. The van der Waals surface area contributed by atoms with Crippen molar-refractivity contribution in [3.63, 3.8) is 0 Å². The number of carbonyl (C=O) groups excluding carboxylic acids is 1. The Labute approximate surface area is 180 Å². The third kappa shape index (κ3) is 3.70. The summed E-state index contributed by atoms with van der Waals surface area (Å²) in [5.41, 5.74) is 1.47. The third-order valence-corrected chi connectivity index (χ3v) is 6.31. The van der Waals surface area contributed by atoms with Crippen molar-refractivity contribution in [2.45, 2.75) is 36.5 Å². The van der Waals surface area contributed by atoms with E-state index < -0.39 is 0 Å². The molecule has 1 atom stereocenters. The lowest BCUT2D eigenvalue weighted by molar-refractivity contribution is -0.130. The molecule has 1 aromatic carbocycles. The van der Waals surface area contributed by atoms with Gasteiger partial charge in [-0.1, -0.05) is 35.5 Å². The van der Waals surface area contributed by atoms with Crippen LogP contribution >= 0.6 is 23.4 Å². The van der Waals surface area contributed by atoms with E-state index in [1.807, 2.05) is 18.2 Å². The first kappa shape index (κ1) is 19.2. The number of H-pyrrole nitrogens is 1. The van der Waals surface area contributed by atoms with Crippen molar-refractivity contribution in [1.29, 1.82) is 0 Å². The highest BCUT2D eigenvalue weighted by Crippen LogP contribution is 2.37. The average molecular weight is 444 g/mol. The molecule has 0 saturated heterocycles. The molecule has 3 aromatic rings. The quantitative estimate of drug-likeness (QED) is 0.587. The minimum absolute atomic E-state index is 0.117. The summed E-state index contributed by atoms with van der Waals surface area (Å²) in [6, 6.07) is 10.9. The molecule has 0 radical (unpaired) electrons. The van der Waals surface area contributed by atoms with Crippen molar-refractivity contribution in [1.82, 2.24) is 19.8 Å². The molecule has 3 heterocycles. The molecule has 1 aliphatic carbocycles. The van der Waals surface area contributed by atoms with Crippen LogP contribution < -0.4 is 5.69 Å². The molecule has 10 heteroatoms. The number of aromatic amines is 1. The standard InChI is InChI=1S/C20H18ClN5O3S/c21-13-5-3-12(4-6-13)15-10-16(17-2-1-9-29-17)26(24-15)18(27)11-30-20-23-22-19(28)25(20)14-7-8-14/h1-6,9,14,16H,7-8,10-11H2,(H,22,28)/t16-/m1/s1. The summed E-state index contributed by atoms with van der Waals surface area (Å²) in [5.74, 6) is 0.616. The Hall–Kier alpha value is -2.78. The Bertz CT molecular complexity index is 1150. The van der Waals surface area contributed by atoms with Gasteiger partial charge in [0.15, 0.2) is 5.16 Å². The van der Waals surface area contributed by atoms with Crippen molar-refractivity contribution >= 4 is 35.0 Å². The van der Waals surface area contributed by atoms with Gasteiger partial charge in [0.1, 0.15) is 11.8 Å². The molecular formula is C20H18ClN5O3S. The maximum atomic E-state index is 13.1. The summed E-state index contributed by atoms with van der Waals surface area (Å²) >= 11 is 7.23. The van der Waals surface area contributed by atoms with E-state index in [4.69, 9.17) is 16.0 Å². The molecule has 1 saturated carbocycles. The first-order valence-corrected chi connectivity index (χ1v) is 10.9. The normalized spacial score (nSPS) is 18.6. The van der Waals surface area contributed by atoms with Crippen molar-refractivity contribution in [2.75, 3.05) is 5.75 Å². The Morgan fingerprint density at radius 2 is 2.07 bits per heavy atom. The summed E-state index contributed by atoms with van der Waals surface area (Å²) in [4.78, 5) is 25.0. The summed E-state index contributed by atoms with van der Waals surface area (Å²) in [6.45, 7) is 0. The van der Waals surface area contributed by atoms with Gasteiger partial charge in [0.05, 0.1) is 17.7 Å². The zero-order valence-corrected chi connectivity index (χ0v) is 17.4. The molecule has 1 amide bonds. The predicted octanol–water partition coefficient (Wildman–Crippen LogP) is 3.62. The number of halogens is 1. The minimum Gasteiger partial charge on any atom is -0.467 e. The molecule has 1 aliphatic heterocycles. The molecule has 0 spiro atoms. The second kappa shape index (κ2) is 7.81. The fraction of sp³-hybridized carbons (Fsp3) is 0.300. The lowest BCUT2D eigenvalue weighted by Gasteiger charge is -2.19. The van der Waals surface area contributed by atoms with Crippen molar-refractivity contribution in [3.05, 3.63) is 69.5 Å². The number of furan rings is 1. The molecule has 5 rings (SSSR count). The van der Waals surface area contributed by atoms with Crippen LogP contribution in [0.1, 0.15) is 42.7 Å². The molecule has 0 unspecified atom stereocenters. The Kier molecular flexibility index (Phi) is 5.00. The molecule has 8 nitrogen and oxygen atoms in total. The fourth-order valence-electron chi connectivity index (χ4n) is 3.50. The van der Waals surface area contributed by atoms with Gasteiger partial charge in [0.25, 0.3) is 5.91 Å². The van der Waals surface area contributed by atoms with Crippen LogP contribution in [-0.4, -0.2) is 37.1 Å². The van der Waals surface area contributed by atoms with Gasteiger partial charge in [-0.05, 0) is 42.7 Å². The summed E-state index contributed by atoms with van der Waals surface area (Å²) in [7, 11) is 0. The number of hydrazone groups is 1. The van der Waals surface area contributed by atoms with Crippen LogP contribution in [0, 0.1) is 0 Å². The lowest BCUT2D eigenvalue weighted by atomic mass is 10.0. The summed E-state index contributed by atoms with van der Waals surface area (Å²) in [5, 5.41) is 13.8. The number of amides is 1. The SMILES string of the molecule is O=C(CSc1n[nH]c(=O)n1C1CC1)N1N=C(c2ccc(Cl)cc2)C[C@@H]1c1ccco1. The van der Waals surface area contributed by atoms with Crippen molar-refractivity contribution < 1.29 is 9.21 Å². The minimum atomic E-state index is -0.316. The first-order chi connectivity index (χ1) is 14.6. The van der Waals surface area contributed by atoms with Crippen LogP contribution in [0.15, 0.2) is 62.1 Å². The predicted molar refractivity (Wildman–Crippen MR) is 113 cm³/mol. The zero-order chi connectivity index (χ0) is 20.7. The number of hydrogen-bond donors (Lipinski definition) is 1. The van der Waals surface area contributed by atoms with Gasteiger partial charge in [-0.25, -0.2) is 14.9 Å². The highest BCUT2D eigenvalue weighted by atomic mass is 35.5. The smallest absolute Gasteiger partial charge is 0.344 e. The van der Waals surface area contributed by atoms with Gasteiger partial charge < -0.3 is 4.42 Å². The second-order valence-electron chi connectivity index (χ2n) is 7.23. The number of benzene rings is 1. The Morgan fingerprint density at radius 3 is 2.77 bits per heavy atom. The maximum absolute atomic E-state index is 13.1. The molecule has 154 valence electrons. The van der Waals surface area contributed by atoms with E-state index in [-0.39, 0.29) is 29.4 Å². The van der Waals surface area contributed by atoms with E-state index in [9.17, 15) is 9.59 Å². The van der Waals surface area contributed by atoms with Crippen LogP contribution in [0.4, 0.5) is 0 Å². The number of nitrogens with one attached hydrogen (secondary N) is 1. The number of carbonyl (C=O) groups is 1. The lowest BCUT2D eigenvalue weighted by Crippen LogP contribution is -2.28. The van der Waals surface area contributed by atoms with E-state index in [0.717, 1.165) is 24.1 Å². The number of hydrogen-bond acceptors (Lipinski definition) is 6. The topological polar surface area (TPSA) is 96.5 Å². The van der Waals surface area contributed by atoms with E-state index >= 15 is 0 Å². The molecule has 2 aliphatic rings. The highest BCUT2D eigenvalue weighted by molar-refractivity contribution is 7.99. The molecule has 0 bridgehead atoms. The van der Waals surface area contributed by atoms with E-state index in [2.05, 4.69) is 15.3 Å². The van der Waals surface area contributed by atoms with Gasteiger partial charge in [0, 0.05) is 17.5 Å². The fourth-order valence-corrected chi connectivity index (χ4v) is 4.49. The van der Waals surface area contributed by atoms with Gasteiger partial charge in [-0.3, -0.25) is 9.36 Å². The number of thioether (sulfide) groups is 1. The molecular weight excluding hydrogens is 426 g/mol. The number of nitrogens with zero attached hydrogens (tertiary/aromatic N) is 4. The zero-order valence-electron chi connectivity index (χ0n) is 15.8. The van der Waals surface area contributed by atoms with Crippen LogP contribution in [0.5, 0.6) is 0 Å². The molecule has 30 heavy (non-hydrogen) atoms. The van der Waals surface area contributed by atoms with Gasteiger partial charge in [0.2, 0.25) is 0 Å². The van der Waals surface area contributed by atoms with Crippen LogP contribution in [0.2, 0.25) is 5.02 Å². The Balaban J connectivity index is 1.37. The molecule has 2 aromatic heterocycles. The van der Waals surface area contributed by atoms with E-state index in [1.54, 1.807) is 29.0 Å². The second-order valence-corrected chi connectivity index (χ2v) is 8.61. The van der Waals surface area contributed by atoms with Gasteiger partial charge in [-0.2, -0.15) is 5.10 Å². The monoisotopic (exact) mass is 443 g/mol. The first-order valence-electron chi connectivity index (χ1n) is 9.59. The Morgan fingerprint density at radius 1 is 1.27 bits per heavy atom.